The van der Waals surface area contributed by atoms with Crippen LogP contribution in [0.3, 0.4) is 0 Å². The molecular weight excluding hydrogens is 266 g/mol. The molecule has 3 rings (SSSR count). The van der Waals surface area contributed by atoms with Crippen molar-refractivity contribution in [1.82, 2.24) is 0 Å². The summed E-state index contributed by atoms with van der Waals surface area (Å²) in [6.07, 6.45) is 4.60. The molecule has 4 nitrogen and oxygen atoms in total. The highest BCUT2D eigenvalue weighted by Gasteiger charge is 2.22. The van der Waals surface area contributed by atoms with Crippen LogP contribution in [0.2, 0.25) is 0 Å². The lowest BCUT2D eigenvalue weighted by Gasteiger charge is -1.98. The summed E-state index contributed by atoms with van der Waals surface area (Å²) in [5, 5.41) is 0. The van der Waals surface area contributed by atoms with Crippen molar-refractivity contribution < 1.29 is 13.9 Å². The van der Waals surface area contributed by atoms with E-state index in [0.29, 0.717) is 24.4 Å². The van der Waals surface area contributed by atoms with Crippen molar-refractivity contribution in [1.29, 1.82) is 0 Å². The first-order chi connectivity index (χ1) is 10.2. The van der Waals surface area contributed by atoms with E-state index in [-0.39, 0.29) is 0 Å². The number of hydrogen-bond acceptors (Lipinski definition) is 4. The van der Waals surface area contributed by atoms with Crippen LogP contribution in [-0.4, -0.2) is 11.9 Å². The Labute approximate surface area is 122 Å². The zero-order valence-electron chi connectivity index (χ0n) is 11.7. The molecule has 0 bridgehead atoms. The van der Waals surface area contributed by atoms with Crippen LogP contribution >= 0.6 is 0 Å². The number of benzene rings is 1. The van der Waals surface area contributed by atoms with E-state index in [9.17, 15) is 4.79 Å². The van der Waals surface area contributed by atoms with Crippen molar-refractivity contribution in [2.45, 2.75) is 19.8 Å². The van der Waals surface area contributed by atoms with Gasteiger partial charge in [-0.25, -0.2) is 9.79 Å². The minimum atomic E-state index is -0.396. The van der Waals surface area contributed by atoms with Gasteiger partial charge in [0.2, 0.25) is 0 Å². The van der Waals surface area contributed by atoms with Crippen LogP contribution in [0.15, 0.2) is 57.8 Å². The molecule has 2 heterocycles. The van der Waals surface area contributed by atoms with Crippen LogP contribution in [0.25, 0.3) is 6.08 Å². The van der Waals surface area contributed by atoms with Gasteiger partial charge in [0, 0.05) is 12.8 Å². The summed E-state index contributed by atoms with van der Waals surface area (Å²) >= 11 is 0. The number of aliphatic imine (C=N–C) groups is 1. The number of nitrogens with zero attached hydrogens (tertiary/aromatic N) is 1. The van der Waals surface area contributed by atoms with Crippen LogP contribution < -0.4 is 0 Å². The second kappa shape index (κ2) is 5.79. The Hall–Kier alpha value is -2.62. The van der Waals surface area contributed by atoms with Crippen LogP contribution in [0.5, 0.6) is 0 Å². The molecule has 0 N–H and O–H groups in total. The molecule has 1 aromatic carbocycles. The highest BCUT2D eigenvalue weighted by atomic mass is 16.6. The van der Waals surface area contributed by atoms with E-state index in [1.807, 2.05) is 43.3 Å². The maximum atomic E-state index is 11.8. The minimum Gasteiger partial charge on any atom is -0.469 e. The van der Waals surface area contributed by atoms with Crippen LogP contribution in [-0.2, 0) is 16.0 Å². The number of ether oxygens (including phenoxy) is 1. The Morgan fingerprint density at radius 2 is 2.00 bits per heavy atom. The highest BCUT2D eigenvalue weighted by Crippen LogP contribution is 2.19. The van der Waals surface area contributed by atoms with Crippen LogP contribution in [0.1, 0.15) is 23.3 Å². The monoisotopic (exact) mass is 281 g/mol. The summed E-state index contributed by atoms with van der Waals surface area (Å²) in [4.78, 5) is 16.1. The molecule has 0 atom stereocenters. The lowest BCUT2D eigenvalue weighted by atomic mass is 10.1. The average molecular weight is 281 g/mol. The van der Waals surface area contributed by atoms with Gasteiger partial charge in [-0.3, -0.25) is 0 Å². The third-order valence-corrected chi connectivity index (χ3v) is 3.31. The fraction of sp³-hybridized carbons (Fsp3) is 0.176. The van der Waals surface area contributed by atoms with Crippen molar-refractivity contribution in [3.05, 3.63) is 65.2 Å². The molecule has 0 aliphatic carbocycles. The number of rotatable bonds is 4. The molecule has 21 heavy (non-hydrogen) atoms. The Kier molecular flexibility index (Phi) is 3.69. The first-order valence-electron chi connectivity index (χ1n) is 6.82. The summed E-state index contributed by atoms with van der Waals surface area (Å²) in [5.74, 6) is 0.897. The van der Waals surface area contributed by atoms with E-state index < -0.39 is 5.97 Å². The normalized spacial score (nSPS) is 16.1. The maximum absolute atomic E-state index is 11.8. The van der Waals surface area contributed by atoms with E-state index >= 15 is 0 Å². The van der Waals surface area contributed by atoms with Crippen LogP contribution in [0, 0.1) is 6.92 Å². The second-order valence-corrected chi connectivity index (χ2v) is 4.86. The van der Waals surface area contributed by atoms with Gasteiger partial charge in [-0.1, -0.05) is 24.3 Å². The molecule has 1 aliphatic rings. The quantitative estimate of drug-likeness (QED) is 0.636. The number of furan rings is 1. The van der Waals surface area contributed by atoms with E-state index in [4.69, 9.17) is 9.15 Å². The Morgan fingerprint density at radius 3 is 2.76 bits per heavy atom. The number of carbonyl (C=O) groups is 1. The smallest absolute Gasteiger partial charge is 0.363 e. The first-order valence-corrected chi connectivity index (χ1v) is 6.82. The number of hydrogen-bond donors (Lipinski definition) is 0. The predicted molar refractivity (Wildman–Crippen MR) is 79.7 cm³/mol. The van der Waals surface area contributed by atoms with Gasteiger partial charge in [0.1, 0.15) is 5.76 Å². The van der Waals surface area contributed by atoms with Crippen molar-refractivity contribution in [2.24, 2.45) is 4.99 Å². The molecule has 0 radical (unpaired) electrons. The summed E-state index contributed by atoms with van der Waals surface area (Å²) in [5.41, 5.74) is 2.41. The van der Waals surface area contributed by atoms with Crippen molar-refractivity contribution in [3.63, 3.8) is 0 Å². The zero-order valence-corrected chi connectivity index (χ0v) is 11.7. The first kappa shape index (κ1) is 13.4. The summed E-state index contributed by atoms with van der Waals surface area (Å²) in [7, 11) is 0. The lowest BCUT2D eigenvalue weighted by molar-refractivity contribution is -0.130. The molecule has 4 heteroatoms. The molecule has 0 fully saturated rings. The zero-order chi connectivity index (χ0) is 14.7. The van der Waals surface area contributed by atoms with E-state index in [1.54, 1.807) is 12.3 Å². The van der Waals surface area contributed by atoms with E-state index in [1.165, 1.54) is 0 Å². The number of esters is 1. The standard InChI is InChI=1S/C17H15NO3/c1-12-5-2-3-6-13(12)11-15-17(19)21-16(18-15)9-8-14-7-4-10-20-14/h2-7,10-11H,8-9H2,1H3/b15-11-. The summed E-state index contributed by atoms with van der Waals surface area (Å²) < 4.78 is 10.4. The molecular formula is C17H15NO3. The molecule has 1 aliphatic heterocycles. The Morgan fingerprint density at radius 1 is 1.14 bits per heavy atom. The summed E-state index contributed by atoms with van der Waals surface area (Å²) in [6.45, 7) is 1.99. The lowest BCUT2D eigenvalue weighted by Crippen LogP contribution is -2.04. The topological polar surface area (TPSA) is 51.8 Å². The van der Waals surface area contributed by atoms with Gasteiger partial charge >= 0.3 is 5.97 Å². The Balaban J connectivity index is 1.74. The number of aryl methyl sites for hydroxylation is 2. The van der Waals surface area contributed by atoms with Crippen molar-refractivity contribution >= 4 is 17.9 Å². The maximum Gasteiger partial charge on any atom is 0.363 e. The van der Waals surface area contributed by atoms with E-state index in [0.717, 1.165) is 16.9 Å². The molecule has 2 aromatic rings. The molecule has 0 spiro atoms. The average Bonchev–Trinajstić information content (AvgIpc) is 3.10. The molecule has 0 amide bonds. The van der Waals surface area contributed by atoms with Gasteiger partial charge in [-0.2, -0.15) is 0 Å². The van der Waals surface area contributed by atoms with Gasteiger partial charge < -0.3 is 9.15 Å². The fourth-order valence-electron chi connectivity index (χ4n) is 2.14. The van der Waals surface area contributed by atoms with Crippen molar-refractivity contribution in [3.8, 4) is 0 Å². The highest BCUT2D eigenvalue weighted by molar-refractivity contribution is 6.07. The molecule has 0 saturated carbocycles. The molecule has 1 aromatic heterocycles. The van der Waals surface area contributed by atoms with Crippen LogP contribution in [0.4, 0.5) is 0 Å². The van der Waals surface area contributed by atoms with Crippen molar-refractivity contribution in [2.75, 3.05) is 0 Å². The Bertz CT molecular complexity index is 711. The SMILES string of the molecule is Cc1ccccc1/C=C1\N=C(CCc2ccco2)OC1=O. The third kappa shape index (κ3) is 3.11. The van der Waals surface area contributed by atoms with Gasteiger partial charge in [-0.05, 0) is 36.3 Å². The van der Waals surface area contributed by atoms with Gasteiger partial charge in [-0.15, -0.1) is 0 Å². The third-order valence-electron chi connectivity index (χ3n) is 3.31. The van der Waals surface area contributed by atoms with Gasteiger partial charge in [0.25, 0.3) is 0 Å². The van der Waals surface area contributed by atoms with Gasteiger partial charge in [0.05, 0.1) is 6.26 Å². The van der Waals surface area contributed by atoms with E-state index in [2.05, 4.69) is 4.99 Å². The molecule has 106 valence electrons. The summed E-state index contributed by atoms with van der Waals surface area (Å²) in [6, 6.07) is 11.6. The predicted octanol–water partition coefficient (Wildman–Crippen LogP) is 3.52. The number of carbonyl (C=O) groups excluding carboxylic acids is 1. The molecule has 0 unspecified atom stereocenters. The second-order valence-electron chi connectivity index (χ2n) is 4.86. The number of cyclic esters (lactones) is 1. The molecule has 0 saturated heterocycles. The minimum absolute atomic E-state index is 0.346. The largest absolute Gasteiger partial charge is 0.469 e. The fourth-order valence-corrected chi connectivity index (χ4v) is 2.14. The van der Waals surface area contributed by atoms with Gasteiger partial charge in [0.15, 0.2) is 11.6 Å².